The molecule has 1 heterocycles. The lowest BCUT2D eigenvalue weighted by Gasteiger charge is -2.36. The van der Waals surface area contributed by atoms with Gasteiger partial charge in [0.05, 0.1) is 13.2 Å². The first-order valence-corrected chi connectivity index (χ1v) is 11.5. The van der Waals surface area contributed by atoms with Crippen molar-refractivity contribution in [2.45, 2.75) is 104 Å². The Morgan fingerprint density at radius 3 is 1.52 bits per heavy atom. The fraction of sp³-hybridized carbons (Fsp3) is 1.00. The van der Waals surface area contributed by atoms with E-state index >= 15 is 0 Å². The molecule has 1 aliphatic rings. The van der Waals surface area contributed by atoms with Crippen molar-refractivity contribution in [3.63, 3.8) is 0 Å². The molecule has 0 amide bonds. The Bertz CT molecular complexity index is 267. The van der Waals surface area contributed by atoms with Gasteiger partial charge in [0.1, 0.15) is 0 Å². The maximum absolute atomic E-state index is 5.45. The number of morpholine rings is 1. The summed E-state index contributed by atoms with van der Waals surface area (Å²) in [6, 6.07) is 0. The SMILES string of the molecule is CCCCCCCCCCCCCCCCN(CC)N1CCOCC1. The Labute approximate surface area is 158 Å². The molecule has 3 heteroatoms. The van der Waals surface area contributed by atoms with Gasteiger partial charge >= 0.3 is 0 Å². The van der Waals surface area contributed by atoms with E-state index in [4.69, 9.17) is 4.74 Å². The van der Waals surface area contributed by atoms with E-state index in [0.717, 1.165) is 32.8 Å². The van der Waals surface area contributed by atoms with Crippen LogP contribution in [0.15, 0.2) is 0 Å². The first kappa shape index (κ1) is 22.9. The van der Waals surface area contributed by atoms with Gasteiger partial charge in [0.2, 0.25) is 0 Å². The predicted octanol–water partition coefficient (Wildman–Crippen LogP) is 6.04. The monoisotopic (exact) mass is 354 g/mol. The Hall–Kier alpha value is -0.120. The van der Waals surface area contributed by atoms with Crippen LogP contribution >= 0.6 is 0 Å². The molecule has 0 spiro atoms. The lowest BCUT2D eigenvalue weighted by Crippen LogP contribution is -2.49. The molecular weight excluding hydrogens is 308 g/mol. The summed E-state index contributed by atoms with van der Waals surface area (Å²) in [6.45, 7) is 10.9. The zero-order chi connectivity index (χ0) is 18.0. The van der Waals surface area contributed by atoms with Crippen molar-refractivity contribution in [2.75, 3.05) is 39.4 Å². The summed E-state index contributed by atoms with van der Waals surface area (Å²) in [5.41, 5.74) is 0. The minimum absolute atomic E-state index is 0.898. The highest BCUT2D eigenvalue weighted by molar-refractivity contribution is 4.61. The van der Waals surface area contributed by atoms with Gasteiger partial charge in [0, 0.05) is 26.2 Å². The van der Waals surface area contributed by atoms with Crippen LogP contribution in [0.3, 0.4) is 0 Å². The molecule has 0 radical (unpaired) electrons. The third-order valence-corrected chi connectivity index (χ3v) is 5.52. The predicted molar refractivity (Wildman–Crippen MR) is 110 cm³/mol. The highest BCUT2D eigenvalue weighted by atomic mass is 16.5. The molecule has 0 atom stereocenters. The van der Waals surface area contributed by atoms with Gasteiger partial charge in [-0.2, -0.15) is 0 Å². The summed E-state index contributed by atoms with van der Waals surface area (Å²) >= 11 is 0. The molecule has 1 saturated heterocycles. The van der Waals surface area contributed by atoms with Crippen molar-refractivity contribution in [1.29, 1.82) is 0 Å². The number of hydrogen-bond donors (Lipinski definition) is 0. The van der Waals surface area contributed by atoms with Crippen LogP contribution in [0.4, 0.5) is 0 Å². The minimum Gasteiger partial charge on any atom is -0.379 e. The summed E-state index contributed by atoms with van der Waals surface area (Å²) in [6.07, 6.45) is 20.1. The van der Waals surface area contributed by atoms with Gasteiger partial charge in [-0.15, -0.1) is 0 Å². The number of hydrazine groups is 1. The van der Waals surface area contributed by atoms with Crippen LogP contribution < -0.4 is 0 Å². The summed E-state index contributed by atoms with van der Waals surface area (Å²) in [5, 5.41) is 5.02. The number of nitrogens with zero attached hydrogens (tertiary/aromatic N) is 2. The minimum atomic E-state index is 0.898. The maximum atomic E-state index is 5.45. The van der Waals surface area contributed by atoms with Gasteiger partial charge in [-0.05, 0) is 6.42 Å². The highest BCUT2D eigenvalue weighted by Gasteiger charge is 2.16. The maximum Gasteiger partial charge on any atom is 0.0608 e. The average molecular weight is 355 g/mol. The lowest BCUT2D eigenvalue weighted by atomic mass is 10.0. The third-order valence-electron chi connectivity index (χ3n) is 5.52. The number of rotatable bonds is 17. The first-order valence-electron chi connectivity index (χ1n) is 11.5. The zero-order valence-corrected chi connectivity index (χ0v) is 17.4. The van der Waals surface area contributed by atoms with Crippen molar-refractivity contribution in [1.82, 2.24) is 10.0 Å². The van der Waals surface area contributed by atoms with Gasteiger partial charge in [-0.1, -0.05) is 97.3 Å². The normalized spacial score (nSPS) is 16.0. The van der Waals surface area contributed by atoms with Crippen molar-refractivity contribution in [3.05, 3.63) is 0 Å². The van der Waals surface area contributed by atoms with Crippen molar-refractivity contribution in [2.24, 2.45) is 0 Å². The standard InChI is InChI=1S/C22H46N2O/c1-3-5-6-7-8-9-10-11-12-13-14-15-16-17-18-23(4-2)24-19-21-25-22-20-24/h3-22H2,1-2H3. The smallest absolute Gasteiger partial charge is 0.0608 e. The zero-order valence-electron chi connectivity index (χ0n) is 17.4. The molecule has 0 aromatic rings. The van der Waals surface area contributed by atoms with Crippen LogP contribution in [0.1, 0.15) is 104 Å². The highest BCUT2D eigenvalue weighted by Crippen LogP contribution is 2.13. The lowest BCUT2D eigenvalue weighted by molar-refractivity contribution is -0.0880. The molecule has 3 nitrogen and oxygen atoms in total. The molecule has 0 aromatic carbocycles. The molecule has 0 unspecified atom stereocenters. The van der Waals surface area contributed by atoms with E-state index in [2.05, 4.69) is 23.9 Å². The molecular formula is C22H46N2O. The average Bonchev–Trinajstić information content (AvgIpc) is 2.66. The van der Waals surface area contributed by atoms with E-state index in [-0.39, 0.29) is 0 Å². The topological polar surface area (TPSA) is 15.7 Å². The van der Waals surface area contributed by atoms with Crippen LogP contribution in [-0.4, -0.2) is 49.4 Å². The van der Waals surface area contributed by atoms with E-state index in [1.165, 1.54) is 96.4 Å². The van der Waals surface area contributed by atoms with Gasteiger partial charge in [-0.25, -0.2) is 10.0 Å². The molecule has 25 heavy (non-hydrogen) atoms. The van der Waals surface area contributed by atoms with E-state index in [1.807, 2.05) is 0 Å². The van der Waals surface area contributed by atoms with Crippen molar-refractivity contribution < 1.29 is 4.74 Å². The quantitative estimate of drug-likeness (QED) is 0.296. The van der Waals surface area contributed by atoms with Crippen molar-refractivity contribution >= 4 is 0 Å². The molecule has 0 aliphatic carbocycles. The van der Waals surface area contributed by atoms with Crippen LogP contribution in [0.25, 0.3) is 0 Å². The van der Waals surface area contributed by atoms with E-state index < -0.39 is 0 Å². The summed E-state index contributed by atoms with van der Waals surface area (Å²) in [5.74, 6) is 0. The number of ether oxygens (including phenoxy) is 1. The summed E-state index contributed by atoms with van der Waals surface area (Å²) in [4.78, 5) is 0. The molecule has 1 aliphatic heterocycles. The van der Waals surface area contributed by atoms with Crippen LogP contribution in [0, 0.1) is 0 Å². The van der Waals surface area contributed by atoms with Crippen molar-refractivity contribution in [3.8, 4) is 0 Å². The Morgan fingerprint density at radius 2 is 1.08 bits per heavy atom. The molecule has 1 rings (SSSR count). The summed E-state index contributed by atoms with van der Waals surface area (Å²) < 4.78 is 5.45. The van der Waals surface area contributed by atoms with Crippen LogP contribution in [0.5, 0.6) is 0 Å². The fourth-order valence-electron chi connectivity index (χ4n) is 3.82. The number of unbranched alkanes of at least 4 members (excludes halogenated alkanes) is 13. The molecule has 0 N–H and O–H groups in total. The second-order valence-corrected chi connectivity index (χ2v) is 7.71. The Kier molecular flexibility index (Phi) is 15.9. The first-order chi connectivity index (χ1) is 12.4. The molecule has 150 valence electrons. The Balaban J connectivity index is 1.80. The second kappa shape index (κ2) is 17.3. The van der Waals surface area contributed by atoms with Gasteiger partial charge in [0.25, 0.3) is 0 Å². The fourth-order valence-corrected chi connectivity index (χ4v) is 3.82. The van der Waals surface area contributed by atoms with Crippen LogP contribution in [0.2, 0.25) is 0 Å². The van der Waals surface area contributed by atoms with E-state index in [0.29, 0.717) is 0 Å². The van der Waals surface area contributed by atoms with Gasteiger partial charge in [0.15, 0.2) is 0 Å². The number of hydrogen-bond acceptors (Lipinski definition) is 3. The largest absolute Gasteiger partial charge is 0.379 e. The molecule has 0 bridgehead atoms. The van der Waals surface area contributed by atoms with E-state index in [1.54, 1.807) is 0 Å². The Morgan fingerprint density at radius 1 is 0.640 bits per heavy atom. The van der Waals surface area contributed by atoms with Crippen LogP contribution in [-0.2, 0) is 4.74 Å². The molecule has 0 aromatic heterocycles. The van der Waals surface area contributed by atoms with Gasteiger partial charge in [-0.3, -0.25) is 0 Å². The molecule has 1 fully saturated rings. The van der Waals surface area contributed by atoms with E-state index in [9.17, 15) is 0 Å². The second-order valence-electron chi connectivity index (χ2n) is 7.71. The molecule has 0 saturated carbocycles. The van der Waals surface area contributed by atoms with Gasteiger partial charge < -0.3 is 4.74 Å². The third kappa shape index (κ3) is 12.8. The summed E-state index contributed by atoms with van der Waals surface area (Å²) in [7, 11) is 0.